The Morgan fingerprint density at radius 1 is 0.929 bits per heavy atom. The highest BCUT2D eigenvalue weighted by atomic mass is 16.5. The van der Waals surface area contributed by atoms with Gasteiger partial charge in [-0.3, -0.25) is 4.79 Å². The van der Waals surface area contributed by atoms with Crippen molar-refractivity contribution in [3.05, 3.63) is 101 Å². The molecule has 8 heteroatoms. The van der Waals surface area contributed by atoms with Gasteiger partial charge in [0.25, 0.3) is 5.56 Å². The third kappa shape index (κ3) is 4.26. The molecule has 0 amide bonds. The van der Waals surface area contributed by atoms with E-state index in [1.54, 1.807) is 12.5 Å². The Morgan fingerprint density at radius 3 is 2.57 bits per heavy atom. The molecule has 2 aliphatic rings. The Morgan fingerprint density at radius 2 is 1.76 bits per heavy atom. The van der Waals surface area contributed by atoms with Gasteiger partial charge in [-0.15, -0.1) is 0 Å². The van der Waals surface area contributed by atoms with Crippen molar-refractivity contribution in [1.82, 2.24) is 24.7 Å². The highest BCUT2D eigenvalue weighted by Crippen LogP contribution is 2.40. The minimum Gasteiger partial charge on any atom is -0.378 e. The summed E-state index contributed by atoms with van der Waals surface area (Å²) in [5.74, 6) is 0.629. The van der Waals surface area contributed by atoms with E-state index in [9.17, 15) is 4.79 Å². The number of H-pyrrole nitrogens is 1. The molecular formula is C34H30N6O2. The lowest BCUT2D eigenvalue weighted by atomic mass is 10.0. The van der Waals surface area contributed by atoms with E-state index < -0.39 is 0 Å². The number of fused-ring (bicyclic) bond motifs is 2. The van der Waals surface area contributed by atoms with Gasteiger partial charge in [0.1, 0.15) is 12.0 Å². The van der Waals surface area contributed by atoms with E-state index in [1.807, 2.05) is 31.2 Å². The summed E-state index contributed by atoms with van der Waals surface area (Å²) in [6.07, 6.45) is 5.84. The van der Waals surface area contributed by atoms with Crippen LogP contribution in [0, 0.1) is 6.92 Å². The topological polar surface area (TPSA) is 88.9 Å². The second-order valence-electron chi connectivity index (χ2n) is 11.2. The van der Waals surface area contributed by atoms with E-state index in [-0.39, 0.29) is 5.56 Å². The molecule has 1 saturated carbocycles. The van der Waals surface area contributed by atoms with Crippen molar-refractivity contribution >= 4 is 27.5 Å². The molecule has 0 spiro atoms. The highest BCUT2D eigenvalue weighted by Gasteiger charge is 2.24. The Kier molecular flexibility index (Phi) is 5.89. The second kappa shape index (κ2) is 9.92. The molecule has 8 rings (SSSR count). The van der Waals surface area contributed by atoms with Gasteiger partial charge in [0.2, 0.25) is 0 Å². The highest BCUT2D eigenvalue weighted by molar-refractivity contribution is 5.95. The lowest BCUT2D eigenvalue weighted by Crippen LogP contribution is -2.36. The number of ether oxygens (including phenoxy) is 1. The first-order chi connectivity index (χ1) is 20.6. The summed E-state index contributed by atoms with van der Waals surface area (Å²) in [5.41, 5.74) is 8.63. The molecule has 0 bridgehead atoms. The molecular weight excluding hydrogens is 524 g/mol. The van der Waals surface area contributed by atoms with Crippen molar-refractivity contribution in [2.24, 2.45) is 0 Å². The number of nitrogens with one attached hydrogen (secondary N) is 1. The van der Waals surface area contributed by atoms with Crippen molar-refractivity contribution in [3.8, 4) is 28.2 Å². The second-order valence-corrected chi connectivity index (χ2v) is 11.2. The van der Waals surface area contributed by atoms with E-state index in [0.717, 1.165) is 76.5 Å². The third-order valence-corrected chi connectivity index (χ3v) is 8.63. The Labute approximate surface area is 242 Å². The van der Waals surface area contributed by atoms with Crippen LogP contribution < -0.4 is 10.5 Å². The molecule has 1 aliphatic heterocycles. The predicted molar refractivity (Wildman–Crippen MR) is 165 cm³/mol. The Bertz CT molecular complexity index is 2020. The van der Waals surface area contributed by atoms with E-state index in [4.69, 9.17) is 9.72 Å². The first-order valence-electron chi connectivity index (χ1n) is 14.5. The maximum absolute atomic E-state index is 13.6. The number of benzene rings is 3. The minimum absolute atomic E-state index is 0.118. The van der Waals surface area contributed by atoms with Crippen molar-refractivity contribution < 1.29 is 4.74 Å². The molecule has 42 heavy (non-hydrogen) atoms. The largest absolute Gasteiger partial charge is 0.378 e. The zero-order valence-electron chi connectivity index (χ0n) is 23.4. The van der Waals surface area contributed by atoms with Gasteiger partial charge in [-0.05, 0) is 78.8 Å². The van der Waals surface area contributed by atoms with Gasteiger partial charge in [-0.1, -0.05) is 30.3 Å². The van der Waals surface area contributed by atoms with Crippen molar-refractivity contribution in [2.75, 3.05) is 31.2 Å². The van der Waals surface area contributed by atoms with E-state index in [1.165, 1.54) is 28.8 Å². The summed E-state index contributed by atoms with van der Waals surface area (Å²) in [4.78, 5) is 28.6. The van der Waals surface area contributed by atoms with Crippen LogP contribution in [0.25, 0.3) is 50.0 Å². The van der Waals surface area contributed by atoms with Crippen LogP contribution in [0.4, 0.5) is 5.69 Å². The molecule has 6 aromatic rings. The number of nitrogens with zero attached hydrogens (tertiary/aromatic N) is 5. The average molecular weight is 555 g/mol. The van der Waals surface area contributed by atoms with Crippen molar-refractivity contribution in [2.45, 2.75) is 25.7 Å². The number of hydrogen-bond donors (Lipinski definition) is 1. The average Bonchev–Trinajstić information content (AvgIpc) is 3.80. The monoisotopic (exact) mass is 554 g/mol. The number of hydrogen-bond acceptors (Lipinski definition) is 6. The van der Waals surface area contributed by atoms with Gasteiger partial charge >= 0.3 is 0 Å². The Balaban J connectivity index is 1.17. The zero-order valence-corrected chi connectivity index (χ0v) is 23.4. The molecule has 0 atom stereocenters. The summed E-state index contributed by atoms with van der Waals surface area (Å²) >= 11 is 0. The third-order valence-electron chi connectivity index (χ3n) is 8.63. The van der Waals surface area contributed by atoms with Crippen LogP contribution in [-0.4, -0.2) is 51.0 Å². The van der Waals surface area contributed by atoms with Crippen LogP contribution in [0.2, 0.25) is 0 Å². The van der Waals surface area contributed by atoms with Crippen molar-refractivity contribution in [3.63, 3.8) is 0 Å². The number of morpholine rings is 1. The number of anilines is 1. The molecule has 4 heterocycles. The fourth-order valence-corrected chi connectivity index (χ4v) is 6.10. The van der Waals surface area contributed by atoms with Gasteiger partial charge in [0, 0.05) is 40.8 Å². The molecule has 1 aliphatic carbocycles. The van der Waals surface area contributed by atoms with Crippen LogP contribution in [0.5, 0.6) is 0 Å². The van der Waals surface area contributed by atoms with Crippen molar-refractivity contribution in [1.29, 1.82) is 0 Å². The molecule has 8 nitrogen and oxygen atoms in total. The smallest absolute Gasteiger partial charge is 0.279 e. The van der Waals surface area contributed by atoms with Gasteiger partial charge in [0.05, 0.1) is 36.2 Å². The molecule has 3 aromatic heterocycles. The first-order valence-corrected chi connectivity index (χ1v) is 14.5. The first kappa shape index (κ1) is 24.9. The van der Waals surface area contributed by atoms with Crippen LogP contribution in [0.3, 0.4) is 0 Å². The minimum atomic E-state index is -0.118. The van der Waals surface area contributed by atoms with Gasteiger partial charge in [-0.2, -0.15) is 9.78 Å². The molecule has 208 valence electrons. The van der Waals surface area contributed by atoms with Gasteiger partial charge in [-0.25, -0.2) is 9.97 Å². The number of rotatable bonds is 5. The van der Waals surface area contributed by atoms with Crippen LogP contribution in [-0.2, 0) is 4.74 Å². The molecule has 1 N–H and O–H groups in total. The maximum Gasteiger partial charge on any atom is 0.279 e. The number of aromatic nitrogens is 5. The van der Waals surface area contributed by atoms with Gasteiger partial charge in [0.15, 0.2) is 0 Å². The van der Waals surface area contributed by atoms with Gasteiger partial charge < -0.3 is 14.6 Å². The quantitative estimate of drug-likeness (QED) is 0.281. The summed E-state index contributed by atoms with van der Waals surface area (Å²) < 4.78 is 7.00. The fraction of sp³-hybridized carbons (Fsp3) is 0.235. The molecule has 2 fully saturated rings. The van der Waals surface area contributed by atoms with Crippen LogP contribution in [0.1, 0.15) is 29.9 Å². The summed E-state index contributed by atoms with van der Waals surface area (Å²) in [6, 6.07) is 22.8. The fourth-order valence-electron chi connectivity index (χ4n) is 6.10. The zero-order chi connectivity index (χ0) is 28.2. The van der Waals surface area contributed by atoms with E-state index in [0.29, 0.717) is 11.3 Å². The molecule has 1 saturated heterocycles. The molecule has 0 radical (unpaired) electrons. The molecule has 3 aromatic carbocycles. The lowest BCUT2D eigenvalue weighted by molar-refractivity contribution is 0.122. The Hall–Kier alpha value is -4.82. The summed E-state index contributed by atoms with van der Waals surface area (Å²) in [6.45, 7) is 5.36. The standard InChI is InChI=1S/C34H30N6O2/c1-21-27(3-2-4-31(21)40-34(41)28-12-9-24(22-5-6-22)17-25(28)19-37-40)32-29-18-30(38-33(29)36-20-35-32)23-7-10-26(11-8-23)39-13-15-42-16-14-39/h2-4,7-12,17-20,22H,5-6,13-16H2,1H3,(H,35,36,38). The number of aromatic amines is 1. The van der Waals surface area contributed by atoms with Crippen LogP contribution >= 0.6 is 0 Å². The normalized spacial score (nSPS) is 15.5. The SMILES string of the molecule is Cc1c(-c2ncnc3[nH]c(-c4ccc(N5CCOCC5)cc4)cc23)cccc1-n1ncc2cc(C3CC3)ccc2c1=O. The van der Waals surface area contributed by atoms with E-state index in [2.05, 4.69) is 62.4 Å². The van der Waals surface area contributed by atoms with E-state index >= 15 is 0 Å². The summed E-state index contributed by atoms with van der Waals surface area (Å²) in [7, 11) is 0. The molecule has 0 unspecified atom stereocenters. The summed E-state index contributed by atoms with van der Waals surface area (Å²) in [5, 5.41) is 7.09. The lowest BCUT2D eigenvalue weighted by Gasteiger charge is -2.28. The predicted octanol–water partition coefficient (Wildman–Crippen LogP) is 6.01. The maximum atomic E-state index is 13.6. The van der Waals surface area contributed by atoms with Crippen LogP contribution in [0.15, 0.2) is 84.0 Å².